The molecule has 30 heavy (non-hydrogen) atoms. The minimum Gasteiger partial charge on any atom is -0.332 e. The van der Waals surface area contributed by atoms with Crippen LogP contribution in [-0.2, 0) is 11.2 Å². The maximum Gasteiger partial charge on any atom is 0.226 e. The van der Waals surface area contributed by atoms with Crippen molar-refractivity contribution in [2.24, 2.45) is 0 Å². The van der Waals surface area contributed by atoms with Crippen molar-refractivity contribution in [3.8, 4) is 5.69 Å². The third-order valence-electron chi connectivity index (χ3n) is 4.97. The zero-order chi connectivity index (χ0) is 21.5. The number of amides is 1. The van der Waals surface area contributed by atoms with Crippen LogP contribution >= 0.6 is 12.2 Å². The Morgan fingerprint density at radius 1 is 1.03 bits per heavy atom. The molecule has 158 valence electrons. The molecule has 0 bridgehead atoms. The molecule has 2 N–H and O–H groups in total. The number of fused-ring (bicyclic) bond motifs is 1. The van der Waals surface area contributed by atoms with E-state index in [1.807, 2.05) is 19.1 Å². The minimum absolute atomic E-state index is 0.0681. The number of unbranched alkanes of at least 4 members (excludes halogenated alkanes) is 2. The molecular formula is C23H29N5OS. The van der Waals surface area contributed by atoms with E-state index in [1.165, 1.54) is 18.4 Å². The van der Waals surface area contributed by atoms with Crippen LogP contribution < -0.4 is 10.6 Å². The molecule has 0 aliphatic heterocycles. The van der Waals surface area contributed by atoms with Gasteiger partial charge >= 0.3 is 0 Å². The largest absolute Gasteiger partial charge is 0.332 e. The number of hydrogen-bond donors (Lipinski definition) is 2. The van der Waals surface area contributed by atoms with Gasteiger partial charge in [0.1, 0.15) is 11.0 Å². The van der Waals surface area contributed by atoms with E-state index in [4.69, 9.17) is 12.2 Å². The van der Waals surface area contributed by atoms with E-state index in [0.717, 1.165) is 47.2 Å². The highest BCUT2D eigenvalue weighted by Crippen LogP contribution is 2.22. The highest BCUT2D eigenvalue weighted by Gasteiger charge is 2.11. The normalized spacial score (nSPS) is 10.9. The summed E-state index contributed by atoms with van der Waals surface area (Å²) in [5.74, 6) is -0.0681. The summed E-state index contributed by atoms with van der Waals surface area (Å²) < 4.78 is 0. The molecule has 1 aromatic heterocycles. The van der Waals surface area contributed by atoms with Crippen molar-refractivity contribution in [3.05, 3.63) is 47.5 Å². The third-order valence-corrected chi connectivity index (χ3v) is 5.18. The molecule has 0 radical (unpaired) electrons. The fourth-order valence-electron chi connectivity index (χ4n) is 3.17. The first-order chi connectivity index (χ1) is 14.5. The molecule has 0 fully saturated rings. The quantitative estimate of drug-likeness (QED) is 0.495. The van der Waals surface area contributed by atoms with E-state index in [2.05, 4.69) is 58.9 Å². The standard InChI is InChI=1S/C23H29N5OS/c1-4-6-8-17-10-12-18(13-11-17)28-26-20-14-16(3)19(15-21(20)27-28)24-23(30)25-22(29)9-7-5-2/h10-15H,4-9H2,1-3H3,(H2,24,25,29,30). The number of aromatic nitrogens is 3. The Balaban J connectivity index is 1.74. The zero-order valence-electron chi connectivity index (χ0n) is 17.9. The van der Waals surface area contributed by atoms with Crippen molar-refractivity contribution in [1.82, 2.24) is 20.3 Å². The molecule has 3 rings (SSSR count). The number of carbonyl (C=O) groups is 1. The number of benzene rings is 2. The number of anilines is 1. The zero-order valence-corrected chi connectivity index (χ0v) is 18.7. The molecule has 1 amide bonds. The van der Waals surface area contributed by atoms with Crippen molar-refractivity contribution in [2.75, 3.05) is 5.32 Å². The lowest BCUT2D eigenvalue weighted by molar-refractivity contribution is -0.119. The average Bonchev–Trinajstić information content (AvgIpc) is 3.14. The summed E-state index contributed by atoms with van der Waals surface area (Å²) in [6.07, 6.45) is 5.77. The van der Waals surface area contributed by atoms with Gasteiger partial charge in [-0.15, -0.1) is 10.2 Å². The van der Waals surface area contributed by atoms with Crippen LogP contribution in [-0.4, -0.2) is 26.0 Å². The fourth-order valence-corrected chi connectivity index (χ4v) is 3.40. The number of rotatable bonds is 8. The molecule has 0 spiro atoms. The first kappa shape index (κ1) is 21.9. The summed E-state index contributed by atoms with van der Waals surface area (Å²) in [5, 5.41) is 15.4. The van der Waals surface area contributed by atoms with Gasteiger partial charge in [0.2, 0.25) is 5.91 Å². The van der Waals surface area contributed by atoms with Crippen LogP contribution in [0.3, 0.4) is 0 Å². The first-order valence-corrected chi connectivity index (χ1v) is 11.0. The molecule has 0 aliphatic rings. The predicted octanol–water partition coefficient (Wildman–Crippen LogP) is 5.07. The second-order valence-corrected chi connectivity index (χ2v) is 7.93. The van der Waals surface area contributed by atoms with E-state index >= 15 is 0 Å². The van der Waals surface area contributed by atoms with E-state index in [1.54, 1.807) is 4.80 Å². The van der Waals surface area contributed by atoms with Crippen molar-refractivity contribution in [2.45, 2.75) is 59.3 Å². The maximum atomic E-state index is 11.9. The van der Waals surface area contributed by atoms with Gasteiger partial charge in [0.05, 0.1) is 5.69 Å². The molecule has 3 aromatic rings. The molecular weight excluding hydrogens is 394 g/mol. The lowest BCUT2D eigenvalue weighted by Crippen LogP contribution is -2.34. The molecule has 0 atom stereocenters. The number of hydrogen-bond acceptors (Lipinski definition) is 4. The van der Waals surface area contributed by atoms with Crippen molar-refractivity contribution in [1.29, 1.82) is 0 Å². The lowest BCUT2D eigenvalue weighted by atomic mass is 10.1. The van der Waals surface area contributed by atoms with Crippen LogP contribution in [0.4, 0.5) is 5.69 Å². The Hall–Kier alpha value is -2.80. The van der Waals surface area contributed by atoms with Crippen LogP contribution in [0.1, 0.15) is 57.1 Å². The second kappa shape index (κ2) is 10.3. The van der Waals surface area contributed by atoms with Crippen LogP contribution in [0.5, 0.6) is 0 Å². The maximum absolute atomic E-state index is 11.9. The summed E-state index contributed by atoms with van der Waals surface area (Å²) in [6, 6.07) is 12.3. The van der Waals surface area contributed by atoms with Crippen molar-refractivity contribution >= 4 is 40.0 Å². The van der Waals surface area contributed by atoms with Gasteiger partial charge in [-0.25, -0.2) is 0 Å². The van der Waals surface area contributed by atoms with Gasteiger partial charge in [-0.2, -0.15) is 4.80 Å². The van der Waals surface area contributed by atoms with E-state index < -0.39 is 0 Å². The Bertz CT molecular complexity index is 1030. The van der Waals surface area contributed by atoms with Gasteiger partial charge in [0.15, 0.2) is 5.11 Å². The Morgan fingerprint density at radius 2 is 1.70 bits per heavy atom. The second-order valence-electron chi connectivity index (χ2n) is 7.52. The first-order valence-electron chi connectivity index (χ1n) is 10.6. The SMILES string of the molecule is CCCCC(=O)NC(=S)Nc1cc2nn(-c3ccc(CCCC)cc3)nc2cc1C. The molecule has 0 saturated heterocycles. The number of nitrogens with one attached hydrogen (secondary N) is 2. The van der Waals surface area contributed by atoms with Gasteiger partial charge in [-0.1, -0.05) is 38.8 Å². The van der Waals surface area contributed by atoms with Gasteiger partial charge in [0.25, 0.3) is 0 Å². The lowest BCUT2D eigenvalue weighted by Gasteiger charge is -2.11. The Labute approximate surface area is 183 Å². The van der Waals surface area contributed by atoms with Gasteiger partial charge in [-0.3, -0.25) is 4.79 Å². The van der Waals surface area contributed by atoms with E-state index in [-0.39, 0.29) is 5.91 Å². The monoisotopic (exact) mass is 423 g/mol. The highest BCUT2D eigenvalue weighted by atomic mass is 32.1. The summed E-state index contributed by atoms with van der Waals surface area (Å²) in [6.45, 7) is 6.23. The number of carbonyl (C=O) groups excluding carboxylic acids is 1. The van der Waals surface area contributed by atoms with Crippen LogP contribution in [0.15, 0.2) is 36.4 Å². The summed E-state index contributed by atoms with van der Waals surface area (Å²) in [5.41, 5.74) is 5.62. The highest BCUT2D eigenvalue weighted by molar-refractivity contribution is 7.80. The third kappa shape index (κ3) is 5.63. The van der Waals surface area contributed by atoms with Crippen LogP contribution in [0.2, 0.25) is 0 Å². The van der Waals surface area contributed by atoms with Gasteiger partial charge < -0.3 is 10.6 Å². The van der Waals surface area contributed by atoms with Crippen molar-refractivity contribution in [3.63, 3.8) is 0 Å². The average molecular weight is 424 g/mol. The molecule has 0 unspecified atom stereocenters. The topological polar surface area (TPSA) is 71.8 Å². The molecule has 0 saturated carbocycles. The minimum atomic E-state index is -0.0681. The van der Waals surface area contributed by atoms with E-state index in [9.17, 15) is 4.79 Å². The van der Waals surface area contributed by atoms with E-state index in [0.29, 0.717) is 11.5 Å². The fraction of sp³-hybridized carbons (Fsp3) is 0.391. The van der Waals surface area contributed by atoms with Crippen molar-refractivity contribution < 1.29 is 4.79 Å². The molecule has 0 aliphatic carbocycles. The predicted molar refractivity (Wildman–Crippen MR) is 126 cm³/mol. The van der Waals surface area contributed by atoms with Gasteiger partial charge in [-0.05, 0) is 73.8 Å². The summed E-state index contributed by atoms with van der Waals surface area (Å²) >= 11 is 5.28. The smallest absolute Gasteiger partial charge is 0.226 e. The van der Waals surface area contributed by atoms with Crippen LogP contribution in [0.25, 0.3) is 16.7 Å². The number of nitrogens with zero attached hydrogens (tertiary/aromatic N) is 3. The summed E-state index contributed by atoms with van der Waals surface area (Å²) in [7, 11) is 0. The molecule has 6 nitrogen and oxygen atoms in total. The summed E-state index contributed by atoms with van der Waals surface area (Å²) in [4.78, 5) is 13.5. The van der Waals surface area contributed by atoms with Crippen LogP contribution in [0, 0.1) is 6.92 Å². The number of aryl methyl sites for hydroxylation is 2. The molecule has 2 aromatic carbocycles. The molecule has 1 heterocycles. The Morgan fingerprint density at radius 3 is 2.37 bits per heavy atom. The Kier molecular flexibility index (Phi) is 7.52. The molecule has 7 heteroatoms. The number of thiocarbonyl (C=S) groups is 1. The van der Waals surface area contributed by atoms with Gasteiger partial charge in [0, 0.05) is 12.1 Å².